The number of ether oxygens (including phenoxy) is 2. The van der Waals surface area contributed by atoms with E-state index in [9.17, 15) is 4.79 Å². The molecule has 5 nitrogen and oxygen atoms in total. The van der Waals surface area contributed by atoms with Gasteiger partial charge in [-0.3, -0.25) is 0 Å². The predicted octanol–water partition coefficient (Wildman–Crippen LogP) is 4.24. The van der Waals surface area contributed by atoms with Crippen LogP contribution in [-0.4, -0.2) is 32.2 Å². The van der Waals surface area contributed by atoms with Gasteiger partial charge in [-0.1, -0.05) is 30.3 Å². The molecule has 0 saturated carbocycles. The van der Waals surface area contributed by atoms with E-state index in [1.165, 1.54) is 0 Å². The Morgan fingerprint density at radius 2 is 1.67 bits per heavy atom. The van der Waals surface area contributed by atoms with Crippen LogP contribution < -0.4 is 14.8 Å². The number of nitrogens with zero attached hydrogens (tertiary/aromatic N) is 1. The number of hydrogen-bond acceptors (Lipinski definition) is 3. The van der Waals surface area contributed by atoms with Crippen LogP contribution in [0.1, 0.15) is 24.1 Å². The van der Waals surface area contributed by atoms with Gasteiger partial charge in [0.15, 0.2) is 11.5 Å². The standard InChI is InChI=1S/C19H24N2O3/c1-13-11-17(23-4)18(24-5)12-16(13)20-19(22)21(3)14(2)15-9-7-6-8-10-15/h6-12,14H,1-5H3,(H,20,22)/t14-/m0/s1. The molecule has 0 spiro atoms. The molecule has 2 aromatic rings. The van der Waals surface area contributed by atoms with Crippen LogP contribution in [0.15, 0.2) is 42.5 Å². The van der Waals surface area contributed by atoms with E-state index in [0.717, 1.165) is 11.1 Å². The first-order chi connectivity index (χ1) is 11.5. The molecule has 0 fully saturated rings. The third-order valence-electron chi connectivity index (χ3n) is 4.16. The Labute approximate surface area is 143 Å². The first-order valence-corrected chi connectivity index (χ1v) is 7.79. The van der Waals surface area contributed by atoms with Gasteiger partial charge in [0.05, 0.1) is 20.3 Å². The highest BCUT2D eigenvalue weighted by molar-refractivity contribution is 5.90. The Kier molecular flexibility index (Phi) is 5.68. The summed E-state index contributed by atoms with van der Waals surface area (Å²) in [4.78, 5) is 14.2. The van der Waals surface area contributed by atoms with Crippen LogP contribution in [0.2, 0.25) is 0 Å². The smallest absolute Gasteiger partial charge is 0.322 e. The highest BCUT2D eigenvalue weighted by atomic mass is 16.5. The second-order valence-corrected chi connectivity index (χ2v) is 5.65. The van der Waals surface area contributed by atoms with Crippen molar-refractivity contribution in [3.63, 3.8) is 0 Å². The fraction of sp³-hybridized carbons (Fsp3) is 0.316. The van der Waals surface area contributed by atoms with Gasteiger partial charge in [0.1, 0.15) is 0 Å². The SMILES string of the molecule is COc1cc(C)c(NC(=O)N(C)[C@@H](C)c2ccccc2)cc1OC. The molecule has 0 saturated heterocycles. The maximum absolute atomic E-state index is 12.6. The number of nitrogens with one attached hydrogen (secondary N) is 1. The van der Waals surface area contributed by atoms with E-state index in [0.29, 0.717) is 17.2 Å². The summed E-state index contributed by atoms with van der Waals surface area (Å²) in [5, 5.41) is 2.94. The lowest BCUT2D eigenvalue weighted by molar-refractivity contribution is 0.208. The summed E-state index contributed by atoms with van der Waals surface area (Å²) in [7, 11) is 4.94. The Hall–Kier alpha value is -2.69. The average molecular weight is 328 g/mol. The van der Waals surface area contributed by atoms with Crippen LogP contribution >= 0.6 is 0 Å². The van der Waals surface area contributed by atoms with Gasteiger partial charge in [-0.15, -0.1) is 0 Å². The summed E-state index contributed by atoms with van der Waals surface area (Å²) < 4.78 is 10.6. The molecule has 1 N–H and O–H groups in total. The van der Waals surface area contributed by atoms with Gasteiger partial charge < -0.3 is 19.7 Å². The first-order valence-electron chi connectivity index (χ1n) is 7.79. The van der Waals surface area contributed by atoms with Crippen molar-refractivity contribution in [3.8, 4) is 11.5 Å². The van der Waals surface area contributed by atoms with Gasteiger partial charge in [0, 0.05) is 18.8 Å². The molecule has 0 heterocycles. The summed E-state index contributed by atoms with van der Waals surface area (Å²) in [5.41, 5.74) is 2.69. The number of rotatable bonds is 5. The number of aryl methyl sites for hydroxylation is 1. The molecule has 2 aromatic carbocycles. The molecule has 2 rings (SSSR count). The minimum atomic E-state index is -0.179. The number of amides is 2. The Balaban J connectivity index is 2.17. The van der Waals surface area contributed by atoms with Crippen molar-refractivity contribution in [3.05, 3.63) is 53.6 Å². The maximum atomic E-state index is 12.6. The minimum absolute atomic E-state index is 0.0355. The Bertz CT molecular complexity index is 701. The van der Waals surface area contributed by atoms with Crippen molar-refractivity contribution < 1.29 is 14.3 Å². The van der Waals surface area contributed by atoms with Crippen molar-refractivity contribution in [2.45, 2.75) is 19.9 Å². The van der Waals surface area contributed by atoms with Gasteiger partial charge in [0.25, 0.3) is 0 Å². The Morgan fingerprint density at radius 3 is 2.25 bits per heavy atom. The minimum Gasteiger partial charge on any atom is -0.493 e. The Morgan fingerprint density at radius 1 is 1.08 bits per heavy atom. The van der Waals surface area contributed by atoms with E-state index in [4.69, 9.17) is 9.47 Å². The van der Waals surface area contributed by atoms with Crippen LogP contribution in [0, 0.1) is 6.92 Å². The third kappa shape index (κ3) is 3.79. The largest absolute Gasteiger partial charge is 0.493 e. The van der Waals surface area contributed by atoms with Gasteiger partial charge in [-0.2, -0.15) is 0 Å². The molecule has 0 bridgehead atoms. The quantitative estimate of drug-likeness (QED) is 0.893. The molecule has 0 aliphatic rings. The molecule has 0 aromatic heterocycles. The predicted molar refractivity (Wildman–Crippen MR) is 95.9 cm³/mol. The van der Waals surface area contributed by atoms with Crippen LogP contribution in [0.4, 0.5) is 10.5 Å². The molecule has 128 valence electrons. The number of carbonyl (C=O) groups excluding carboxylic acids is 1. The monoisotopic (exact) mass is 328 g/mol. The molecule has 0 radical (unpaired) electrons. The van der Waals surface area contributed by atoms with Gasteiger partial charge >= 0.3 is 6.03 Å². The number of benzene rings is 2. The number of anilines is 1. The molecule has 24 heavy (non-hydrogen) atoms. The van der Waals surface area contributed by atoms with Crippen molar-refractivity contribution in [1.29, 1.82) is 0 Å². The normalized spacial score (nSPS) is 11.5. The fourth-order valence-corrected chi connectivity index (χ4v) is 2.45. The molecule has 1 atom stereocenters. The lowest BCUT2D eigenvalue weighted by atomic mass is 10.1. The third-order valence-corrected chi connectivity index (χ3v) is 4.16. The van der Waals surface area contributed by atoms with E-state index in [1.54, 1.807) is 32.2 Å². The number of methoxy groups -OCH3 is 2. The average Bonchev–Trinajstić information content (AvgIpc) is 2.62. The maximum Gasteiger partial charge on any atom is 0.322 e. The number of hydrogen-bond donors (Lipinski definition) is 1. The molecule has 0 aliphatic carbocycles. The van der Waals surface area contributed by atoms with Crippen LogP contribution in [0.25, 0.3) is 0 Å². The van der Waals surface area contributed by atoms with Crippen molar-refractivity contribution in [1.82, 2.24) is 4.90 Å². The lowest BCUT2D eigenvalue weighted by Crippen LogP contribution is -2.33. The number of urea groups is 1. The van der Waals surface area contributed by atoms with E-state index in [1.807, 2.05) is 50.2 Å². The number of carbonyl (C=O) groups is 1. The molecular weight excluding hydrogens is 304 g/mol. The summed E-state index contributed by atoms with van der Waals surface area (Å²) >= 11 is 0. The molecule has 0 aliphatic heterocycles. The zero-order chi connectivity index (χ0) is 17.7. The highest BCUT2D eigenvalue weighted by Gasteiger charge is 2.18. The second-order valence-electron chi connectivity index (χ2n) is 5.65. The zero-order valence-electron chi connectivity index (χ0n) is 14.8. The van der Waals surface area contributed by atoms with E-state index < -0.39 is 0 Å². The fourth-order valence-electron chi connectivity index (χ4n) is 2.45. The topological polar surface area (TPSA) is 50.8 Å². The highest BCUT2D eigenvalue weighted by Crippen LogP contribution is 2.33. The van der Waals surface area contributed by atoms with Crippen LogP contribution in [0.5, 0.6) is 11.5 Å². The van der Waals surface area contributed by atoms with Crippen LogP contribution in [0.3, 0.4) is 0 Å². The molecule has 0 unspecified atom stereocenters. The van der Waals surface area contributed by atoms with Gasteiger partial charge in [0.2, 0.25) is 0 Å². The summed E-state index contributed by atoms with van der Waals surface area (Å²) in [6.45, 7) is 3.91. The summed E-state index contributed by atoms with van der Waals surface area (Å²) in [6.07, 6.45) is 0. The van der Waals surface area contributed by atoms with E-state index >= 15 is 0 Å². The summed E-state index contributed by atoms with van der Waals surface area (Å²) in [5.74, 6) is 1.22. The van der Waals surface area contributed by atoms with Gasteiger partial charge in [-0.05, 0) is 31.0 Å². The lowest BCUT2D eigenvalue weighted by Gasteiger charge is -2.26. The summed E-state index contributed by atoms with van der Waals surface area (Å²) in [6, 6.07) is 13.3. The van der Waals surface area contributed by atoms with Crippen molar-refractivity contribution >= 4 is 11.7 Å². The molecular formula is C19H24N2O3. The van der Waals surface area contributed by atoms with Crippen molar-refractivity contribution in [2.24, 2.45) is 0 Å². The van der Waals surface area contributed by atoms with Gasteiger partial charge in [-0.25, -0.2) is 4.79 Å². The second kappa shape index (κ2) is 7.73. The van der Waals surface area contributed by atoms with E-state index in [-0.39, 0.29) is 12.1 Å². The van der Waals surface area contributed by atoms with Crippen molar-refractivity contribution in [2.75, 3.05) is 26.6 Å². The zero-order valence-corrected chi connectivity index (χ0v) is 14.8. The molecule has 2 amide bonds. The molecule has 5 heteroatoms. The van der Waals surface area contributed by atoms with E-state index in [2.05, 4.69) is 5.32 Å². The first kappa shape index (κ1) is 17.7. The van der Waals surface area contributed by atoms with Crippen LogP contribution in [-0.2, 0) is 0 Å².